The Bertz CT molecular complexity index is 1550. The Morgan fingerprint density at radius 3 is 2.78 bits per heavy atom. The average Bonchev–Trinajstić information content (AvgIpc) is 3.35. The number of hydrogen-bond acceptors (Lipinski definition) is 2. The first-order chi connectivity index (χ1) is 15.5. The van der Waals surface area contributed by atoms with Gasteiger partial charge in [-0.1, -0.05) is 53.5 Å². The van der Waals surface area contributed by atoms with Crippen LogP contribution in [0.1, 0.15) is 22.5 Å². The van der Waals surface area contributed by atoms with E-state index in [-0.39, 0.29) is 0 Å². The number of nitriles is 1. The van der Waals surface area contributed by atoms with Crippen LogP contribution in [-0.2, 0) is 6.54 Å². The zero-order valence-electron chi connectivity index (χ0n) is 17.2. The molecule has 0 bridgehead atoms. The highest BCUT2D eigenvalue weighted by Gasteiger charge is 2.13. The summed E-state index contributed by atoms with van der Waals surface area (Å²) in [6.07, 6.45) is 3.92. The van der Waals surface area contributed by atoms with E-state index in [1.54, 1.807) is 6.07 Å². The van der Waals surface area contributed by atoms with Gasteiger partial charge < -0.3 is 9.55 Å². The number of nitrogens with one attached hydrogen (secondary N) is 1. The van der Waals surface area contributed by atoms with Crippen LogP contribution in [0, 0.1) is 18.3 Å². The number of rotatable bonds is 4. The predicted molar refractivity (Wildman–Crippen MR) is 132 cm³/mol. The second-order valence-corrected chi connectivity index (χ2v) is 8.58. The van der Waals surface area contributed by atoms with Crippen LogP contribution < -0.4 is 0 Å². The number of allylic oxidation sites excluding steroid dienone is 1. The number of aromatic amines is 1. The van der Waals surface area contributed by atoms with Gasteiger partial charge in [0.05, 0.1) is 16.6 Å². The molecule has 0 atom stereocenters. The van der Waals surface area contributed by atoms with Gasteiger partial charge in [0, 0.05) is 39.3 Å². The first-order valence-corrected chi connectivity index (χ1v) is 10.9. The average molecular weight is 457 g/mol. The molecule has 0 spiro atoms. The van der Waals surface area contributed by atoms with Crippen molar-refractivity contribution in [1.29, 1.82) is 5.26 Å². The second-order valence-electron chi connectivity index (χ2n) is 7.74. The third-order valence-corrected chi connectivity index (χ3v) is 6.07. The van der Waals surface area contributed by atoms with Crippen molar-refractivity contribution in [1.82, 2.24) is 14.5 Å². The molecule has 4 nitrogen and oxygen atoms in total. The Morgan fingerprint density at radius 2 is 1.97 bits per heavy atom. The minimum absolute atomic E-state index is 0.478. The largest absolute Gasteiger partial charge is 0.342 e. The molecular formula is C26H18Cl2N4. The van der Waals surface area contributed by atoms with E-state index in [9.17, 15) is 5.26 Å². The molecule has 0 aliphatic rings. The Hall–Kier alpha value is -3.52. The number of nitrogens with zero attached hydrogens (tertiary/aromatic N) is 3. The molecule has 0 saturated carbocycles. The third-order valence-electron chi connectivity index (χ3n) is 5.49. The number of H-pyrrole nitrogens is 1. The highest BCUT2D eigenvalue weighted by atomic mass is 35.5. The Kier molecular flexibility index (Phi) is 5.22. The SMILES string of the molecule is Cc1ccc2nc(C(C#N)=Cc3cn(Cc4ccc(Cl)cc4Cl)c4ccccc34)[nH]c2c1. The molecule has 5 aromatic rings. The molecule has 0 radical (unpaired) electrons. The van der Waals surface area contributed by atoms with Gasteiger partial charge in [-0.2, -0.15) is 5.26 Å². The monoisotopic (exact) mass is 456 g/mol. The molecule has 2 heterocycles. The normalized spacial score (nSPS) is 11.9. The molecule has 0 aliphatic carbocycles. The lowest BCUT2D eigenvalue weighted by molar-refractivity contribution is 0.836. The van der Waals surface area contributed by atoms with Crippen LogP contribution in [-0.4, -0.2) is 14.5 Å². The van der Waals surface area contributed by atoms with E-state index in [0.717, 1.165) is 38.6 Å². The van der Waals surface area contributed by atoms with Crippen molar-refractivity contribution >= 4 is 56.8 Å². The van der Waals surface area contributed by atoms with Gasteiger partial charge in [-0.3, -0.25) is 0 Å². The minimum atomic E-state index is 0.478. The fourth-order valence-corrected chi connectivity index (χ4v) is 4.38. The van der Waals surface area contributed by atoms with E-state index >= 15 is 0 Å². The van der Waals surface area contributed by atoms with Crippen LogP contribution in [0.4, 0.5) is 0 Å². The van der Waals surface area contributed by atoms with Crippen LogP contribution in [0.15, 0.2) is 66.9 Å². The van der Waals surface area contributed by atoms with Crippen LogP contribution in [0.3, 0.4) is 0 Å². The van der Waals surface area contributed by atoms with Crippen molar-refractivity contribution in [3.05, 3.63) is 99.4 Å². The molecule has 5 rings (SSSR count). The van der Waals surface area contributed by atoms with Crippen molar-refractivity contribution in [3.8, 4) is 6.07 Å². The number of para-hydroxylation sites is 1. The van der Waals surface area contributed by atoms with Crippen LogP contribution in [0.2, 0.25) is 10.0 Å². The Morgan fingerprint density at radius 1 is 1.12 bits per heavy atom. The summed E-state index contributed by atoms with van der Waals surface area (Å²) in [5, 5.41) is 12.2. The number of benzene rings is 3. The van der Waals surface area contributed by atoms with Gasteiger partial charge >= 0.3 is 0 Å². The quantitative estimate of drug-likeness (QED) is 0.289. The van der Waals surface area contributed by atoms with Crippen LogP contribution >= 0.6 is 23.2 Å². The molecule has 2 aromatic heterocycles. The summed E-state index contributed by atoms with van der Waals surface area (Å²) in [6.45, 7) is 2.62. The molecule has 32 heavy (non-hydrogen) atoms. The molecule has 1 N–H and O–H groups in total. The lowest BCUT2D eigenvalue weighted by Crippen LogP contribution is -1.98. The number of aromatic nitrogens is 3. The molecular weight excluding hydrogens is 439 g/mol. The van der Waals surface area contributed by atoms with E-state index in [0.29, 0.717) is 28.0 Å². The van der Waals surface area contributed by atoms with E-state index < -0.39 is 0 Å². The van der Waals surface area contributed by atoms with Crippen molar-refractivity contribution in [2.75, 3.05) is 0 Å². The maximum atomic E-state index is 9.88. The fraction of sp³-hybridized carbons (Fsp3) is 0.0769. The van der Waals surface area contributed by atoms with Crippen molar-refractivity contribution in [3.63, 3.8) is 0 Å². The fourth-order valence-electron chi connectivity index (χ4n) is 3.91. The van der Waals surface area contributed by atoms with Gasteiger partial charge in [0.2, 0.25) is 0 Å². The minimum Gasteiger partial charge on any atom is -0.342 e. The highest BCUT2D eigenvalue weighted by Crippen LogP contribution is 2.29. The number of halogens is 2. The molecule has 3 aromatic carbocycles. The molecule has 0 saturated heterocycles. The zero-order valence-corrected chi connectivity index (χ0v) is 18.7. The lowest BCUT2D eigenvalue weighted by Gasteiger charge is -2.08. The van der Waals surface area contributed by atoms with Crippen LogP contribution in [0.25, 0.3) is 33.6 Å². The first-order valence-electron chi connectivity index (χ1n) is 10.1. The maximum Gasteiger partial charge on any atom is 0.149 e. The highest BCUT2D eigenvalue weighted by molar-refractivity contribution is 6.35. The number of hydrogen-bond donors (Lipinski definition) is 1. The summed E-state index contributed by atoms with van der Waals surface area (Å²) in [5.74, 6) is 0.561. The second kappa shape index (κ2) is 8.20. The number of imidazole rings is 1. The number of fused-ring (bicyclic) bond motifs is 2. The zero-order chi connectivity index (χ0) is 22.2. The van der Waals surface area contributed by atoms with Crippen LogP contribution in [0.5, 0.6) is 0 Å². The first kappa shape index (κ1) is 20.4. The van der Waals surface area contributed by atoms with Gasteiger partial charge in [0.1, 0.15) is 11.9 Å². The van der Waals surface area contributed by atoms with Gasteiger partial charge in [-0.05, 0) is 54.5 Å². The Labute approximate surface area is 195 Å². The van der Waals surface area contributed by atoms with Gasteiger partial charge in [-0.15, -0.1) is 0 Å². The summed E-state index contributed by atoms with van der Waals surface area (Å²) in [6, 6.07) is 21.9. The molecule has 6 heteroatoms. The summed E-state index contributed by atoms with van der Waals surface area (Å²) >= 11 is 12.5. The standard InChI is InChI=1S/C26H18Cl2N4/c1-16-6-9-23-24(10-16)31-26(30-23)18(13-29)11-19-15-32(25-5-3-2-4-21(19)25)14-17-7-8-20(27)12-22(17)28/h2-12,15H,14H2,1H3,(H,30,31). The van der Waals surface area contributed by atoms with Crippen molar-refractivity contribution < 1.29 is 0 Å². The maximum absolute atomic E-state index is 9.88. The third kappa shape index (κ3) is 3.78. The summed E-state index contributed by atoms with van der Waals surface area (Å²) < 4.78 is 2.13. The number of aryl methyl sites for hydroxylation is 1. The van der Waals surface area contributed by atoms with Crippen molar-refractivity contribution in [2.24, 2.45) is 0 Å². The smallest absolute Gasteiger partial charge is 0.149 e. The Balaban J connectivity index is 1.60. The van der Waals surface area contributed by atoms with Gasteiger partial charge in [0.25, 0.3) is 0 Å². The molecule has 0 unspecified atom stereocenters. The summed E-state index contributed by atoms with van der Waals surface area (Å²) in [7, 11) is 0. The topological polar surface area (TPSA) is 57.4 Å². The van der Waals surface area contributed by atoms with E-state index in [4.69, 9.17) is 23.2 Å². The molecule has 156 valence electrons. The summed E-state index contributed by atoms with van der Waals surface area (Å²) in [4.78, 5) is 7.89. The predicted octanol–water partition coefficient (Wildman–Crippen LogP) is 7.25. The lowest BCUT2D eigenvalue weighted by atomic mass is 10.1. The molecule has 0 aliphatic heterocycles. The summed E-state index contributed by atoms with van der Waals surface area (Å²) in [5.41, 5.74) is 6.35. The van der Waals surface area contributed by atoms with E-state index in [1.807, 2.05) is 61.7 Å². The van der Waals surface area contributed by atoms with Gasteiger partial charge in [0.15, 0.2) is 0 Å². The van der Waals surface area contributed by atoms with Gasteiger partial charge in [-0.25, -0.2) is 4.98 Å². The molecule has 0 fully saturated rings. The van der Waals surface area contributed by atoms with E-state index in [2.05, 4.69) is 32.7 Å². The van der Waals surface area contributed by atoms with E-state index in [1.165, 1.54) is 0 Å². The van der Waals surface area contributed by atoms with Crippen molar-refractivity contribution in [2.45, 2.75) is 13.5 Å². The molecule has 0 amide bonds.